The number of halogens is 2. The number of hydrogen-bond acceptors (Lipinski definition) is 2. The lowest BCUT2D eigenvalue weighted by molar-refractivity contribution is -0.127. The van der Waals surface area contributed by atoms with Gasteiger partial charge in [-0.3, -0.25) is 9.59 Å². The van der Waals surface area contributed by atoms with Gasteiger partial charge in [0.2, 0.25) is 5.91 Å². The minimum Gasteiger partial charge on any atom is -0.325 e. The highest BCUT2D eigenvalue weighted by Gasteiger charge is 2.55. The third kappa shape index (κ3) is 2.32. The highest BCUT2D eigenvalue weighted by Crippen LogP contribution is 2.54. The lowest BCUT2D eigenvalue weighted by Crippen LogP contribution is -2.44. The van der Waals surface area contributed by atoms with Gasteiger partial charge >= 0.3 is 0 Å². The van der Waals surface area contributed by atoms with E-state index < -0.39 is 5.41 Å². The van der Waals surface area contributed by atoms with Crippen LogP contribution in [0.1, 0.15) is 36.3 Å². The van der Waals surface area contributed by atoms with Gasteiger partial charge in [0.05, 0.1) is 5.41 Å². The molecule has 1 aliphatic carbocycles. The lowest BCUT2D eigenvalue weighted by atomic mass is 9.60. The van der Waals surface area contributed by atoms with Crippen LogP contribution in [0.3, 0.4) is 0 Å². The fraction of sp³-hybridized carbons (Fsp3) is 0.263. The Bertz CT molecular complexity index is 866. The zero-order valence-corrected chi connectivity index (χ0v) is 15.2. The van der Waals surface area contributed by atoms with Crippen molar-refractivity contribution >= 4 is 44.9 Å². The Morgan fingerprint density at radius 3 is 2.79 bits per heavy atom. The normalized spacial score (nSPS) is 25.7. The molecule has 0 bridgehead atoms. The van der Waals surface area contributed by atoms with E-state index in [4.69, 9.17) is 11.6 Å². The first kappa shape index (κ1) is 15.9. The van der Waals surface area contributed by atoms with Crippen LogP contribution in [0.15, 0.2) is 46.9 Å². The SMILES string of the molecule is O=C1CC[C@@]2(C(=O)Nc3cc(Cl)ccc32)[C@H](c2cccc(Br)c2)C1. The maximum absolute atomic E-state index is 13.0. The van der Waals surface area contributed by atoms with Crippen LogP contribution in [0.5, 0.6) is 0 Å². The third-order valence-corrected chi connectivity index (χ3v) is 5.92. The number of fused-ring (bicyclic) bond motifs is 2. The van der Waals surface area contributed by atoms with Crippen LogP contribution in [0.4, 0.5) is 5.69 Å². The van der Waals surface area contributed by atoms with Gasteiger partial charge in [0.25, 0.3) is 0 Å². The zero-order valence-electron chi connectivity index (χ0n) is 12.8. The molecule has 2 atom stereocenters. The molecule has 1 N–H and O–H groups in total. The Labute approximate surface area is 153 Å². The summed E-state index contributed by atoms with van der Waals surface area (Å²) < 4.78 is 0.947. The Morgan fingerprint density at radius 2 is 2.00 bits per heavy atom. The second-order valence-corrected chi connectivity index (χ2v) is 7.82. The van der Waals surface area contributed by atoms with E-state index in [9.17, 15) is 9.59 Å². The van der Waals surface area contributed by atoms with E-state index in [-0.39, 0.29) is 17.6 Å². The number of Topliss-reactive ketones (excluding diaryl/α,β-unsaturated/α-hetero) is 1. The monoisotopic (exact) mass is 403 g/mol. The third-order valence-electron chi connectivity index (χ3n) is 5.19. The smallest absolute Gasteiger partial charge is 0.235 e. The van der Waals surface area contributed by atoms with Gasteiger partial charge in [-0.05, 0) is 41.8 Å². The number of carbonyl (C=O) groups excluding carboxylic acids is 2. The van der Waals surface area contributed by atoms with Crippen molar-refractivity contribution in [1.82, 2.24) is 0 Å². The van der Waals surface area contributed by atoms with Crippen molar-refractivity contribution in [3.05, 3.63) is 63.1 Å². The summed E-state index contributed by atoms with van der Waals surface area (Å²) >= 11 is 9.58. The van der Waals surface area contributed by atoms with Crippen molar-refractivity contribution in [3.63, 3.8) is 0 Å². The van der Waals surface area contributed by atoms with Gasteiger partial charge in [-0.1, -0.05) is 45.7 Å². The number of ketones is 1. The molecule has 122 valence electrons. The van der Waals surface area contributed by atoms with Crippen LogP contribution in [-0.2, 0) is 15.0 Å². The van der Waals surface area contributed by atoms with Crippen LogP contribution in [0, 0.1) is 0 Å². The van der Waals surface area contributed by atoms with Crippen LogP contribution in [0.25, 0.3) is 0 Å². The number of amides is 1. The van der Waals surface area contributed by atoms with E-state index >= 15 is 0 Å². The van der Waals surface area contributed by atoms with E-state index in [2.05, 4.69) is 21.2 Å². The molecule has 1 heterocycles. The van der Waals surface area contributed by atoms with Gasteiger partial charge in [-0.2, -0.15) is 0 Å². The fourth-order valence-electron chi connectivity index (χ4n) is 4.10. The first-order chi connectivity index (χ1) is 11.5. The Morgan fingerprint density at radius 1 is 1.17 bits per heavy atom. The summed E-state index contributed by atoms with van der Waals surface area (Å²) in [5.74, 6) is 0.0109. The summed E-state index contributed by atoms with van der Waals surface area (Å²) in [5, 5.41) is 3.58. The van der Waals surface area contributed by atoms with Crippen LogP contribution >= 0.6 is 27.5 Å². The highest BCUT2D eigenvalue weighted by molar-refractivity contribution is 9.10. The summed E-state index contributed by atoms with van der Waals surface area (Å²) in [6.45, 7) is 0. The molecule has 0 saturated heterocycles. The molecule has 2 aromatic rings. The molecule has 4 rings (SSSR count). The maximum Gasteiger partial charge on any atom is 0.235 e. The van der Waals surface area contributed by atoms with Gasteiger partial charge in [0, 0.05) is 33.9 Å². The summed E-state index contributed by atoms with van der Waals surface area (Å²) in [6, 6.07) is 13.4. The Balaban J connectivity index is 1.91. The summed E-state index contributed by atoms with van der Waals surface area (Å²) in [7, 11) is 0. The summed E-state index contributed by atoms with van der Waals surface area (Å²) in [4.78, 5) is 25.2. The number of rotatable bonds is 1. The van der Waals surface area contributed by atoms with Crippen molar-refractivity contribution in [2.75, 3.05) is 5.32 Å². The molecule has 0 aromatic heterocycles. The van der Waals surface area contributed by atoms with Gasteiger partial charge in [-0.25, -0.2) is 0 Å². The molecular formula is C19H15BrClNO2. The summed E-state index contributed by atoms with van der Waals surface area (Å²) in [5.41, 5.74) is 2.03. The second kappa shape index (κ2) is 5.71. The quantitative estimate of drug-likeness (QED) is 0.740. The molecule has 5 heteroatoms. The van der Waals surface area contributed by atoms with Crippen molar-refractivity contribution in [1.29, 1.82) is 0 Å². The molecule has 2 aromatic carbocycles. The molecule has 1 amide bonds. The molecule has 1 saturated carbocycles. The number of nitrogens with one attached hydrogen (secondary N) is 1. The van der Waals surface area contributed by atoms with E-state index in [1.54, 1.807) is 6.07 Å². The largest absolute Gasteiger partial charge is 0.325 e. The van der Waals surface area contributed by atoms with Crippen molar-refractivity contribution in [2.24, 2.45) is 0 Å². The maximum atomic E-state index is 13.0. The van der Waals surface area contributed by atoms with Gasteiger partial charge in [0.15, 0.2) is 0 Å². The fourth-order valence-corrected chi connectivity index (χ4v) is 4.69. The number of benzene rings is 2. The first-order valence-corrected chi connectivity index (χ1v) is 9.06. The number of carbonyl (C=O) groups is 2. The van der Waals surface area contributed by atoms with Crippen molar-refractivity contribution < 1.29 is 9.59 Å². The van der Waals surface area contributed by atoms with E-state index in [1.165, 1.54) is 0 Å². The summed E-state index contributed by atoms with van der Waals surface area (Å²) in [6.07, 6.45) is 1.34. The van der Waals surface area contributed by atoms with Gasteiger partial charge < -0.3 is 5.32 Å². The zero-order chi connectivity index (χ0) is 16.9. The lowest BCUT2D eigenvalue weighted by Gasteiger charge is -2.39. The molecule has 1 fully saturated rings. The highest BCUT2D eigenvalue weighted by atomic mass is 79.9. The average Bonchev–Trinajstić information content (AvgIpc) is 2.81. The second-order valence-electron chi connectivity index (χ2n) is 6.47. The first-order valence-electron chi connectivity index (χ1n) is 7.89. The molecule has 1 aliphatic heterocycles. The number of hydrogen-bond donors (Lipinski definition) is 1. The molecule has 24 heavy (non-hydrogen) atoms. The van der Waals surface area contributed by atoms with Gasteiger partial charge in [-0.15, -0.1) is 0 Å². The predicted octanol–water partition coefficient (Wildman–Crippen LogP) is 4.83. The van der Waals surface area contributed by atoms with Crippen LogP contribution in [0.2, 0.25) is 5.02 Å². The predicted molar refractivity (Wildman–Crippen MR) is 97.5 cm³/mol. The van der Waals surface area contributed by atoms with Crippen molar-refractivity contribution in [3.8, 4) is 0 Å². The molecule has 3 nitrogen and oxygen atoms in total. The molecule has 2 aliphatic rings. The average molecular weight is 405 g/mol. The minimum atomic E-state index is -0.700. The Kier molecular flexibility index (Phi) is 3.77. The van der Waals surface area contributed by atoms with E-state index in [1.807, 2.05) is 36.4 Å². The molecule has 0 radical (unpaired) electrons. The minimum absolute atomic E-state index is 0.0303. The van der Waals surface area contributed by atoms with Gasteiger partial charge in [0.1, 0.15) is 5.78 Å². The number of anilines is 1. The molecular weight excluding hydrogens is 390 g/mol. The van der Waals surface area contributed by atoms with Crippen LogP contribution in [-0.4, -0.2) is 11.7 Å². The Hall–Kier alpha value is -1.65. The molecule has 0 unspecified atom stereocenters. The van der Waals surface area contributed by atoms with Crippen molar-refractivity contribution in [2.45, 2.75) is 30.6 Å². The standard InChI is InChI=1S/C19H15BrClNO2/c20-12-3-1-2-11(8-12)16-10-14(23)6-7-19(16)15-5-4-13(21)9-17(15)22-18(19)24/h1-5,8-9,16H,6-7,10H2,(H,22,24)/t16-,19-/m0/s1. The van der Waals surface area contributed by atoms with E-state index in [0.29, 0.717) is 24.3 Å². The topological polar surface area (TPSA) is 46.2 Å². The van der Waals surface area contributed by atoms with E-state index in [0.717, 1.165) is 21.3 Å². The molecule has 1 spiro atoms. The van der Waals surface area contributed by atoms with Crippen LogP contribution < -0.4 is 5.32 Å².